The van der Waals surface area contributed by atoms with E-state index in [0.29, 0.717) is 18.0 Å². The van der Waals surface area contributed by atoms with Crippen LogP contribution < -0.4 is 10.1 Å². The Bertz CT molecular complexity index is 915. The van der Waals surface area contributed by atoms with Gasteiger partial charge in [0.05, 0.1) is 12.3 Å². The molecule has 0 aliphatic rings. The summed E-state index contributed by atoms with van der Waals surface area (Å²) in [5.74, 6) is 0.517. The van der Waals surface area contributed by atoms with Gasteiger partial charge >= 0.3 is 0 Å². The van der Waals surface area contributed by atoms with E-state index in [0.717, 1.165) is 24.0 Å². The van der Waals surface area contributed by atoms with Crippen LogP contribution in [0.5, 0.6) is 5.75 Å². The Balaban J connectivity index is 1.61. The molecule has 1 amide bonds. The van der Waals surface area contributed by atoms with Gasteiger partial charge in [-0.3, -0.25) is 4.79 Å². The lowest BCUT2D eigenvalue weighted by atomic mass is 10.0. The van der Waals surface area contributed by atoms with Crippen molar-refractivity contribution in [3.63, 3.8) is 0 Å². The maximum absolute atomic E-state index is 12.3. The van der Waals surface area contributed by atoms with Gasteiger partial charge in [-0.2, -0.15) is 0 Å². The summed E-state index contributed by atoms with van der Waals surface area (Å²) in [4.78, 5) is 12.3. The van der Waals surface area contributed by atoms with Gasteiger partial charge in [-0.25, -0.2) is 0 Å². The predicted molar refractivity (Wildman–Crippen MR) is 116 cm³/mol. The number of carbonyl (C=O) groups is 1. The van der Waals surface area contributed by atoms with E-state index in [1.165, 1.54) is 5.56 Å². The van der Waals surface area contributed by atoms with Crippen molar-refractivity contribution < 1.29 is 9.53 Å². The van der Waals surface area contributed by atoms with Crippen molar-refractivity contribution in [2.75, 3.05) is 11.9 Å². The number of amides is 1. The number of ether oxygens (including phenoxy) is 1. The zero-order chi connectivity index (χ0) is 19.6. The summed E-state index contributed by atoms with van der Waals surface area (Å²) in [6.07, 6.45) is 5.41. The van der Waals surface area contributed by atoms with Crippen LogP contribution in [0, 0.1) is 0 Å². The first-order valence-electron chi connectivity index (χ1n) is 9.62. The fraction of sp³-hybridized carbons (Fsp3) is 0.160. The highest BCUT2D eigenvalue weighted by Gasteiger charge is 2.05. The normalized spacial score (nSPS) is 10.8. The van der Waals surface area contributed by atoms with Crippen molar-refractivity contribution in [3.05, 3.63) is 90.5 Å². The monoisotopic (exact) mass is 371 g/mol. The molecule has 3 rings (SSSR count). The molecule has 28 heavy (non-hydrogen) atoms. The van der Waals surface area contributed by atoms with Crippen molar-refractivity contribution in [2.24, 2.45) is 0 Å². The van der Waals surface area contributed by atoms with Crippen LogP contribution in [0.4, 0.5) is 5.69 Å². The molecule has 142 valence electrons. The highest BCUT2D eigenvalue weighted by Crippen LogP contribution is 2.24. The molecule has 0 heterocycles. The Labute approximate surface area is 166 Å². The number of nitrogens with one attached hydrogen (secondary N) is 1. The van der Waals surface area contributed by atoms with Crippen LogP contribution in [-0.2, 0) is 4.79 Å². The summed E-state index contributed by atoms with van der Waals surface area (Å²) in [6.45, 7) is 2.77. The molecule has 1 N–H and O–H groups in total. The molecule has 0 aliphatic carbocycles. The first-order chi connectivity index (χ1) is 13.8. The number of carbonyl (C=O) groups excluding carboxylic acids is 1. The molecule has 0 aliphatic heterocycles. The second-order valence-electron chi connectivity index (χ2n) is 6.51. The summed E-state index contributed by atoms with van der Waals surface area (Å²) in [5, 5.41) is 2.89. The Morgan fingerprint density at radius 3 is 2.32 bits per heavy atom. The van der Waals surface area contributed by atoms with Gasteiger partial charge in [0.1, 0.15) is 5.75 Å². The summed E-state index contributed by atoms with van der Waals surface area (Å²) in [5.41, 5.74) is 3.99. The van der Waals surface area contributed by atoms with Crippen molar-refractivity contribution in [3.8, 4) is 16.9 Å². The molecule has 3 nitrogen and oxygen atoms in total. The molecule has 3 aromatic carbocycles. The molecule has 0 unspecified atom stereocenters. The van der Waals surface area contributed by atoms with E-state index in [1.54, 1.807) is 6.08 Å². The quantitative estimate of drug-likeness (QED) is 0.379. The maximum Gasteiger partial charge on any atom is 0.248 e. The number of benzene rings is 3. The number of hydrogen-bond donors (Lipinski definition) is 1. The number of unbranched alkanes of at least 4 members (excludes halogenated alkanes) is 1. The maximum atomic E-state index is 12.3. The van der Waals surface area contributed by atoms with E-state index < -0.39 is 0 Å². The molecule has 0 aromatic heterocycles. The van der Waals surface area contributed by atoms with E-state index in [2.05, 4.69) is 36.5 Å². The lowest BCUT2D eigenvalue weighted by Gasteiger charge is -2.11. The van der Waals surface area contributed by atoms with E-state index in [9.17, 15) is 4.79 Å². The minimum absolute atomic E-state index is 0.182. The SMILES string of the molecule is CCCCOc1ccccc1NC(=O)/C=C/c1ccc(-c2ccccc2)cc1. The summed E-state index contributed by atoms with van der Waals surface area (Å²) in [6, 6.07) is 25.9. The third-order valence-electron chi connectivity index (χ3n) is 4.35. The van der Waals surface area contributed by atoms with Crippen LogP contribution in [0.25, 0.3) is 17.2 Å². The first-order valence-corrected chi connectivity index (χ1v) is 9.62. The van der Waals surface area contributed by atoms with Gasteiger partial charge in [-0.1, -0.05) is 80.1 Å². The molecule has 0 saturated heterocycles. The number of para-hydroxylation sites is 2. The van der Waals surface area contributed by atoms with Crippen molar-refractivity contribution in [1.82, 2.24) is 0 Å². The number of rotatable bonds is 8. The van der Waals surface area contributed by atoms with Gasteiger partial charge in [-0.15, -0.1) is 0 Å². The van der Waals surface area contributed by atoms with Crippen LogP contribution in [0.15, 0.2) is 84.9 Å². The van der Waals surface area contributed by atoms with Crippen LogP contribution in [0.2, 0.25) is 0 Å². The van der Waals surface area contributed by atoms with Gasteiger partial charge < -0.3 is 10.1 Å². The zero-order valence-electron chi connectivity index (χ0n) is 16.1. The first kappa shape index (κ1) is 19.4. The summed E-state index contributed by atoms with van der Waals surface area (Å²) in [7, 11) is 0. The molecular formula is C25H25NO2. The average Bonchev–Trinajstić information content (AvgIpc) is 2.75. The average molecular weight is 371 g/mol. The third kappa shape index (κ3) is 5.58. The lowest BCUT2D eigenvalue weighted by molar-refractivity contribution is -0.111. The van der Waals surface area contributed by atoms with Crippen LogP contribution in [0.1, 0.15) is 25.3 Å². The molecule has 0 spiro atoms. The molecule has 0 fully saturated rings. The van der Waals surface area contributed by atoms with Gasteiger partial charge in [0.15, 0.2) is 0 Å². The minimum atomic E-state index is -0.182. The lowest BCUT2D eigenvalue weighted by Crippen LogP contribution is -2.09. The minimum Gasteiger partial charge on any atom is -0.491 e. The molecule has 3 heteroatoms. The molecule has 3 aromatic rings. The second-order valence-corrected chi connectivity index (χ2v) is 6.51. The van der Waals surface area contributed by atoms with Crippen LogP contribution >= 0.6 is 0 Å². The number of anilines is 1. The summed E-state index contributed by atoms with van der Waals surface area (Å²) >= 11 is 0. The molecule has 0 atom stereocenters. The van der Waals surface area contributed by atoms with E-state index in [-0.39, 0.29) is 5.91 Å². The molecule has 0 saturated carbocycles. The highest BCUT2D eigenvalue weighted by molar-refractivity contribution is 6.02. The molecular weight excluding hydrogens is 346 g/mol. The van der Waals surface area contributed by atoms with E-state index in [1.807, 2.05) is 60.7 Å². The smallest absolute Gasteiger partial charge is 0.248 e. The van der Waals surface area contributed by atoms with Gasteiger partial charge in [-0.05, 0) is 41.3 Å². The standard InChI is InChI=1S/C25H25NO2/c1-2-3-19-28-24-12-8-7-11-23(24)26-25(27)18-15-20-13-16-22(17-14-20)21-9-5-4-6-10-21/h4-18H,2-3,19H2,1H3,(H,26,27)/b18-15+. The van der Waals surface area contributed by atoms with Crippen LogP contribution in [-0.4, -0.2) is 12.5 Å². The van der Waals surface area contributed by atoms with Gasteiger partial charge in [0.2, 0.25) is 5.91 Å². The predicted octanol–water partition coefficient (Wildman–Crippen LogP) is 6.18. The zero-order valence-corrected chi connectivity index (χ0v) is 16.1. The highest BCUT2D eigenvalue weighted by atomic mass is 16.5. The van der Waals surface area contributed by atoms with E-state index in [4.69, 9.17) is 4.74 Å². The molecule has 0 bridgehead atoms. The Morgan fingerprint density at radius 1 is 0.893 bits per heavy atom. The van der Waals surface area contributed by atoms with E-state index >= 15 is 0 Å². The third-order valence-corrected chi connectivity index (χ3v) is 4.35. The fourth-order valence-corrected chi connectivity index (χ4v) is 2.79. The molecule has 0 radical (unpaired) electrons. The van der Waals surface area contributed by atoms with Gasteiger partial charge in [0, 0.05) is 6.08 Å². The van der Waals surface area contributed by atoms with Gasteiger partial charge in [0.25, 0.3) is 0 Å². The second kappa shape index (κ2) is 10.1. The summed E-state index contributed by atoms with van der Waals surface area (Å²) < 4.78 is 5.76. The Morgan fingerprint density at radius 2 is 1.57 bits per heavy atom. The van der Waals surface area contributed by atoms with Crippen molar-refractivity contribution >= 4 is 17.7 Å². The van der Waals surface area contributed by atoms with Crippen LogP contribution in [0.3, 0.4) is 0 Å². The van der Waals surface area contributed by atoms with Crippen molar-refractivity contribution in [2.45, 2.75) is 19.8 Å². The Hall–Kier alpha value is -3.33. The fourth-order valence-electron chi connectivity index (χ4n) is 2.79. The van der Waals surface area contributed by atoms with Crippen molar-refractivity contribution in [1.29, 1.82) is 0 Å². The number of hydrogen-bond acceptors (Lipinski definition) is 2. The topological polar surface area (TPSA) is 38.3 Å². The Kier molecular flexibility index (Phi) is 7.02. The largest absolute Gasteiger partial charge is 0.491 e.